The first-order valence-electron chi connectivity index (χ1n) is 15.5. The van der Waals surface area contributed by atoms with Crippen LogP contribution >= 0.6 is 0 Å². The van der Waals surface area contributed by atoms with Crippen molar-refractivity contribution in [1.82, 2.24) is 0 Å². The minimum absolute atomic E-state index is 0.381. The molecule has 0 heterocycles. The topological polar surface area (TPSA) is 100 Å². The van der Waals surface area contributed by atoms with E-state index in [1.807, 2.05) is 74.5 Å². The smallest absolute Gasteiger partial charge is 0.119 e. The van der Waals surface area contributed by atoms with Crippen LogP contribution in [0.1, 0.15) is 76.3 Å². The summed E-state index contributed by atoms with van der Waals surface area (Å²) in [5, 5.41) is 27.6. The summed E-state index contributed by atoms with van der Waals surface area (Å²) in [5.41, 5.74) is 0.762. The van der Waals surface area contributed by atoms with Crippen molar-refractivity contribution in [2.75, 3.05) is 13.2 Å². The summed E-state index contributed by atoms with van der Waals surface area (Å²) in [4.78, 5) is 21.0. The number of fused-ring (bicyclic) bond motifs is 7. The molecule has 0 aliphatic heterocycles. The maximum Gasteiger partial charge on any atom is 0.119 e. The third kappa shape index (κ3) is 6.99. The number of hydrogen-bond acceptors (Lipinski definition) is 6. The van der Waals surface area contributed by atoms with Gasteiger partial charge in [0.05, 0.1) is 24.3 Å². The minimum Gasteiger partial charge on any atom is -0.494 e. The molecule has 0 N–H and O–H groups in total. The molecule has 0 atom stereocenters. The molecule has 0 saturated carbocycles. The maximum atomic E-state index is 10.5. The molecule has 0 radical (unpaired) electrons. The lowest BCUT2D eigenvalue weighted by atomic mass is 9.87. The molecule has 6 nitrogen and oxygen atoms in total. The Morgan fingerprint density at radius 3 is 1.36 bits per heavy atom. The van der Waals surface area contributed by atoms with E-state index < -0.39 is 0 Å². The van der Waals surface area contributed by atoms with Gasteiger partial charge in [-0.2, -0.15) is 10.5 Å². The molecule has 5 rings (SSSR count). The Labute approximate surface area is 258 Å². The van der Waals surface area contributed by atoms with Crippen molar-refractivity contribution < 1.29 is 19.1 Å². The van der Waals surface area contributed by atoms with Crippen LogP contribution in [0.5, 0.6) is 11.5 Å². The molecular formula is C38H38N2O4. The molecule has 5 aromatic rings. The normalized spacial score (nSPS) is 10.6. The first-order chi connectivity index (χ1) is 21.7. The second-order valence-corrected chi connectivity index (χ2v) is 10.4. The summed E-state index contributed by atoms with van der Waals surface area (Å²) in [6, 6.07) is 24.4. The molecule has 6 heteroatoms. The largest absolute Gasteiger partial charge is 0.494 e. The van der Waals surface area contributed by atoms with E-state index in [2.05, 4.69) is 12.1 Å². The van der Waals surface area contributed by atoms with Gasteiger partial charge in [-0.3, -0.25) is 0 Å². The standard InChI is InChI=1S/C36H32N2O4.C2H6/c37-23-33-31-13-9-25-21-27(41-19-7-3-1-5-17-39)11-15-29(25)35(31)36-30-16-12-28(42-20-8-4-2-6-18-40)22-26(30)10-14-32(36)34(33)24-38;1-2/h9-18,21-22H,1-8,19-20H2;1-2H3. The number of rotatable bonds is 14. The van der Waals surface area contributed by atoms with Crippen molar-refractivity contribution in [3.63, 3.8) is 0 Å². The highest BCUT2D eigenvalue weighted by atomic mass is 16.5. The Morgan fingerprint density at radius 2 is 0.977 bits per heavy atom. The predicted octanol–water partition coefficient (Wildman–Crippen LogP) is 9.35. The average Bonchev–Trinajstić information content (AvgIpc) is 3.07. The highest BCUT2D eigenvalue weighted by molar-refractivity contribution is 6.29. The van der Waals surface area contributed by atoms with Gasteiger partial charge in [-0.1, -0.05) is 50.2 Å². The van der Waals surface area contributed by atoms with Gasteiger partial charge in [0.25, 0.3) is 0 Å². The lowest BCUT2D eigenvalue weighted by Crippen LogP contribution is -1.98. The predicted molar refractivity (Wildman–Crippen MR) is 177 cm³/mol. The number of unbranched alkanes of at least 4 members (excludes halogenated alkanes) is 6. The van der Waals surface area contributed by atoms with Gasteiger partial charge in [0.2, 0.25) is 0 Å². The highest BCUT2D eigenvalue weighted by Gasteiger charge is 2.18. The number of carbonyl (C=O) groups is 2. The maximum absolute atomic E-state index is 10.5. The number of aldehydes is 2. The van der Waals surface area contributed by atoms with E-state index >= 15 is 0 Å². The van der Waals surface area contributed by atoms with Crippen molar-refractivity contribution in [2.45, 2.75) is 65.2 Å². The van der Waals surface area contributed by atoms with Gasteiger partial charge in [-0.15, -0.1) is 0 Å². The van der Waals surface area contributed by atoms with Crippen molar-refractivity contribution in [2.24, 2.45) is 0 Å². The van der Waals surface area contributed by atoms with Gasteiger partial charge in [0.1, 0.15) is 36.2 Å². The van der Waals surface area contributed by atoms with Gasteiger partial charge >= 0.3 is 0 Å². The van der Waals surface area contributed by atoms with Gasteiger partial charge in [0.15, 0.2) is 0 Å². The van der Waals surface area contributed by atoms with E-state index in [-0.39, 0.29) is 0 Å². The summed E-state index contributed by atoms with van der Waals surface area (Å²) in [6.07, 6.45) is 8.48. The van der Waals surface area contributed by atoms with Crippen LogP contribution in [0.3, 0.4) is 0 Å². The number of nitrogens with zero attached hydrogens (tertiary/aromatic N) is 2. The molecular weight excluding hydrogens is 548 g/mol. The zero-order valence-corrected chi connectivity index (χ0v) is 25.5. The summed E-state index contributed by atoms with van der Waals surface area (Å²) in [6.45, 7) is 5.16. The summed E-state index contributed by atoms with van der Waals surface area (Å²) in [7, 11) is 0. The molecule has 5 aromatic carbocycles. The van der Waals surface area contributed by atoms with Crippen molar-refractivity contribution in [3.05, 3.63) is 71.8 Å². The molecule has 44 heavy (non-hydrogen) atoms. The van der Waals surface area contributed by atoms with E-state index in [1.54, 1.807) is 0 Å². The van der Waals surface area contributed by atoms with Crippen LogP contribution in [0, 0.1) is 22.7 Å². The lowest BCUT2D eigenvalue weighted by Gasteiger charge is -2.15. The van der Waals surface area contributed by atoms with E-state index in [4.69, 9.17) is 9.47 Å². The molecule has 0 amide bonds. The Hall–Kier alpha value is -4.94. The third-order valence-electron chi connectivity index (χ3n) is 7.71. The van der Waals surface area contributed by atoms with Crippen LogP contribution in [0.2, 0.25) is 0 Å². The van der Waals surface area contributed by atoms with E-state index in [1.165, 1.54) is 0 Å². The number of carbonyl (C=O) groups excluding carboxylic acids is 2. The van der Waals surface area contributed by atoms with Gasteiger partial charge < -0.3 is 19.1 Å². The first-order valence-corrected chi connectivity index (χ1v) is 15.5. The molecule has 0 saturated heterocycles. The molecule has 0 aliphatic rings. The quantitative estimate of drug-likeness (QED) is 0.0730. The molecule has 0 bridgehead atoms. The van der Waals surface area contributed by atoms with Crippen LogP contribution in [-0.2, 0) is 9.59 Å². The van der Waals surface area contributed by atoms with Crippen LogP contribution in [0.15, 0.2) is 60.7 Å². The fourth-order valence-corrected chi connectivity index (χ4v) is 5.65. The summed E-state index contributed by atoms with van der Waals surface area (Å²) < 4.78 is 12.0. The molecule has 0 aliphatic carbocycles. The minimum atomic E-state index is 0.381. The zero-order valence-electron chi connectivity index (χ0n) is 25.5. The third-order valence-corrected chi connectivity index (χ3v) is 7.71. The SMILES string of the molecule is CC.N#Cc1c(C#N)c2ccc3cc(OCCCCCC=O)ccc3c2c2c1ccc1cc(OCCCCCC=O)ccc12. The number of hydrogen-bond donors (Lipinski definition) is 0. The van der Waals surface area contributed by atoms with Crippen molar-refractivity contribution in [3.8, 4) is 23.6 Å². The molecule has 0 unspecified atom stereocenters. The van der Waals surface area contributed by atoms with E-state index in [0.29, 0.717) is 37.2 Å². The summed E-state index contributed by atoms with van der Waals surface area (Å²) in [5.74, 6) is 1.54. The molecule has 0 spiro atoms. The monoisotopic (exact) mass is 586 g/mol. The highest BCUT2D eigenvalue weighted by Crippen LogP contribution is 2.41. The lowest BCUT2D eigenvalue weighted by molar-refractivity contribution is -0.108. The zero-order chi connectivity index (χ0) is 31.3. The van der Waals surface area contributed by atoms with Gasteiger partial charge in [-0.25, -0.2) is 0 Å². The number of benzene rings is 5. The molecule has 224 valence electrons. The van der Waals surface area contributed by atoms with Crippen LogP contribution < -0.4 is 9.47 Å². The fourth-order valence-electron chi connectivity index (χ4n) is 5.65. The Kier molecular flexibility index (Phi) is 11.7. The van der Waals surface area contributed by atoms with Gasteiger partial charge in [-0.05, 0) is 95.1 Å². The average molecular weight is 587 g/mol. The second-order valence-electron chi connectivity index (χ2n) is 10.4. The first kappa shape index (κ1) is 32.0. The van der Waals surface area contributed by atoms with Crippen LogP contribution in [0.4, 0.5) is 0 Å². The van der Waals surface area contributed by atoms with Crippen LogP contribution in [0.25, 0.3) is 43.1 Å². The Balaban J connectivity index is 0.00000216. The fraction of sp³-hybridized carbons (Fsp3) is 0.316. The number of nitriles is 2. The Morgan fingerprint density at radius 1 is 0.568 bits per heavy atom. The molecule has 0 aromatic heterocycles. The Bertz CT molecular complexity index is 1730. The van der Waals surface area contributed by atoms with E-state index in [9.17, 15) is 20.1 Å². The molecule has 0 fully saturated rings. The van der Waals surface area contributed by atoms with Crippen LogP contribution in [-0.4, -0.2) is 25.8 Å². The van der Waals surface area contributed by atoms with Gasteiger partial charge in [0, 0.05) is 23.6 Å². The number of ether oxygens (including phenoxy) is 2. The summed E-state index contributed by atoms with van der Waals surface area (Å²) >= 11 is 0. The second kappa shape index (κ2) is 16.1. The van der Waals surface area contributed by atoms with E-state index in [0.717, 1.165) is 106 Å². The van der Waals surface area contributed by atoms with Crippen molar-refractivity contribution >= 4 is 55.7 Å². The van der Waals surface area contributed by atoms with Crippen molar-refractivity contribution in [1.29, 1.82) is 10.5 Å².